The van der Waals surface area contributed by atoms with Gasteiger partial charge >= 0.3 is 0 Å². The predicted octanol–water partition coefficient (Wildman–Crippen LogP) is 1.87. The van der Waals surface area contributed by atoms with E-state index in [1.54, 1.807) is 28.6 Å². The SMILES string of the molecule is CC1(C)CN(S(=O)(=O)c2ccccc2)CC2CN(CC3CC3)CCN21. The molecule has 6 heteroatoms. The van der Waals surface area contributed by atoms with Gasteiger partial charge in [0.1, 0.15) is 0 Å². The highest BCUT2D eigenvalue weighted by atomic mass is 32.2. The van der Waals surface area contributed by atoms with Crippen molar-refractivity contribution < 1.29 is 8.42 Å². The van der Waals surface area contributed by atoms with Gasteiger partial charge in [-0.05, 0) is 44.7 Å². The Balaban J connectivity index is 1.55. The molecule has 0 aromatic heterocycles. The summed E-state index contributed by atoms with van der Waals surface area (Å²) in [5, 5.41) is 0. The Morgan fingerprint density at radius 1 is 1.08 bits per heavy atom. The first-order valence-corrected chi connectivity index (χ1v) is 10.8. The standard InChI is InChI=1S/C19H29N3O2S/c1-19(2)15-21(25(23,24)18-6-4-3-5-7-18)14-17-13-20(10-11-22(17)19)12-16-8-9-16/h3-7,16-17H,8-15H2,1-2H3. The molecule has 1 unspecified atom stereocenters. The van der Waals surface area contributed by atoms with Crippen molar-refractivity contribution >= 4 is 10.0 Å². The van der Waals surface area contributed by atoms with Gasteiger partial charge in [0.2, 0.25) is 10.0 Å². The third-order valence-corrected chi connectivity index (χ3v) is 7.74. The van der Waals surface area contributed by atoms with Crippen LogP contribution in [0.5, 0.6) is 0 Å². The van der Waals surface area contributed by atoms with E-state index in [0.29, 0.717) is 18.0 Å². The van der Waals surface area contributed by atoms with Gasteiger partial charge in [0, 0.05) is 50.8 Å². The molecule has 0 radical (unpaired) electrons. The van der Waals surface area contributed by atoms with Crippen LogP contribution < -0.4 is 0 Å². The quantitative estimate of drug-likeness (QED) is 0.819. The summed E-state index contributed by atoms with van der Waals surface area (Å²) in [5.74, 6) is 0.882. The molecular weight excluding hydrogens is 334 g/mol. The van der Waals surface area contributed by atoms with E-state index in [1.807, 2.05) is 6.07 Å². The summed E-state index contributed by atoms with van der Waals surface area (Å²) in [4.78, 5) is 5.49. The molecule has 1 aromatic rings. The van der Waals surface area contributed by atoms with Crippen LogP contribution in [0.3, 0.4) is 0 Å². The van der Waals surface area contributed by atoms with E-state index >= 15 is 0 Å². The normalized spacial score (nSPS) is 28.6. The lowest BCUT2D eigenvalue weighted by Crippen LogP contribution is -2.70. The smallest absolute Gasteiger partial charge is 0.243 e. The van der Waals surface area contributed by atoms with Gasteiger partial charge in [-0.3, -0.25) is 4.90 Å². The summed E-state index contributed by atoms with van der Waals surface area (Å²) in [6.45, 7) is 9.86. The third kappa shape index (κ3) is 3.50. The Labute approximate surface area is 151 Å². The number of piperazine rings is 2. The largest absolute Gasteiger partial charge is 0.300 e. The average molecular weight is 364 g/mol. The van der Waals surface area contributed by atoms with Crippen molar-refractivity contribution in [2.24, 2.45) is 5.92 Å². The molecule has 1 atom stereocenters. The summed E-state index contributed by atoms with van der Waals surface area (Å²) >= 11 is 0. The molecular formula is C19H29N3O2S. The van der Waals surface area contributed by atoms with E-state index < -0.39 is 10.0 Å². The van der Waals surface area contributed by atoms with Crippen LogP contribution in [0.1, 0.15) is 26.7 Å². The first kappa shape index (κ1) is 17.5. The molecule has 1 saturated carbocycles. The summed E-state index contributed by atoms with van der Waals surface area (Å²) < 4.78 is 27.9. The number of sulfonamides is 1. The zero-order chi connectivity index (χ0) is 17.7. The molecule has 0 bridgehead atoms. The van der Waals surface area contributed by atoms with E-state index in [1.165, 1.54) is 19.4 Å². The Morgan fingerprint density at radius 2 is 1.80 bits per heavy atom. The summed E-state index contributed by atoms with van der Waals surface area (Å²) in [6.07, 6.45) is 2.73. The van der Waals surface area contributed by atoms with Gasteiger partial charge in [-0.25, -0.2) is 8.42 Å². The molecule has 3 fully saturated rings. The number of benzene rings is 1. The topological polar surface area (TPSA) is 43.9 Å². The first-order chi connectivity index (χ1) is 11.9. The molecule has 3 aliphatic rings. The van der Waals surface area contributed by atoms with Crippen molar-refractivity contribution in [3.05, 3.63) is 30.3 Å². The fourth-order valence-corrected chi connectivity index (χ4v) is 6.10. The molecule has 0 spiro atoms. The van der Waals surface area contributed by atoms with Crippen molar-refractivity contribution in [1.29, 1.82) is 0 Å². The molecule has 2 heterocycles. The van der Waals surface area contributed by atoms with E-state index in [2.05, 4.69) is 23.6 Å². The molecule has 138 valence electrons. The van der Waals surface area contributed by atoms with Crippen LogP contribution in [0.25, 0.3) is 0 Å². The van der Waals surface area contributed by atoms with Crippen molar-refractivity contribution in [2.45, 2.75) is 43.2 Å². The van der Waals surface area contributed by atoms with Gasteiger partial charge in [-0.2, -0.15) is 4.31 Å². The second kappa shape index (κ2) is 6.34. The molecule has 1 aliphatic carbocycles. The molecule has 2 saturated heterocycles. The third-order valence-electron chi connectivity index (χ3n) is 5.92. The minimum atomic E-state index is -3.42. The number of rotatable bonds is 4. The monoisotopic (exact) mass is 363 g/mol. The minimum Gasteiger partial charge on any atom is -0.300 e. The molecule has 2 aliphatic heterocycles. The second-order valence-electron chi connectivity index (χ2n) is 8.47. The second-order valence-corrected chi connectivity index (χ2v) is 10.4. The lowest BCUT2D eigenvalue weighted by Gasteiger charge is -2.55. The maximum absolute atomic E-state index is 13.1. The lowest BCUT2D eigenvalue weighted by atomic mass is 9.94. The fraction of sp³-hybridized carbons (Fsp3) is 0.684. The van der Waals surface area contributed by atoms with Gasteiger partial charge < -0.3 is 4.90 Å². The van der Waals surface area contributed by atoms with Crippen molar-refractivity contribution in [3.63, 3.8) is 0 Å². The molecule has 25 heavy (non-hydrogen) atoms. The van der Waals surface area contributed by atoms with Gasteiger partial charge in [-0.1, -0.05) is 18.2 Å². The highest BCUT2D eigenvalue weighted by Crippen LogP contribution is 2.34. The Kier molecular flexibility index (Phi) is 4.43. The van der Waals surface area contributed by atoms with Crippen LogP contribution in [0.2, 0.25) is 0 Å². The van der Waals surface area contributed by atoms with E-state index in [0.717, 1.165) is 25.6 Å². The van der Waals surface area contributed by atoms with Gasteiger partial charge in [-0.15, -0.1) is 0 Å². The zero-order valence-corrected chi connectivity index (χ0v) is 16.1. The molecule has 1 aromatic carbocycles. The predicted molar refractivity (Wildman–Crippen MR) is 98.9 cm³/mol. The molecule has 0 amide bonds. The molecule has 4 rings (SSSR count). The fourth-order valence-electron chi connectivity index (χ4n) is 4.45. The van der Waals surface area contributed by atoms with Crippen LogP contribution in [0.4, 0.5) is 0 Å². The number of hydrogen-bond donors (Lipinski definition) is 0. The minimum absolute atomic E-state index is 0.129. The van der Waals surface area contributed by atoms with Crippen molar-refractivity contribution in [1.82, 2.24) is 14.1 Å². The molecule has 5 nitrogen and oxygen atoms in total. The number of nitrogens with zero attached hydrogens (tertiary/aromatic N) is 3. The highest BCUT2D eigenvalue weighted by Gasteiger charge is 2.46. The Bertz CT molecular complexity index is 715. The summed E-state index contributed by atoms with van der Waals surface area (Å²) in [7, 11) is -3.42. The maximum atomic E-state index is 13.1. The Morgan fingerprint density at radius 3 is 2.48 bits per heavy atom. The number of hydrogen-bond acceptors (Lipinski definition) is 4. The van der Waals surface area contributed by atoms with Crippen LogP contribution >= 0.6 is 0 Å². The maximum Gasteiger partial charge on any atom is 0.243 e. The van der Waals surface area contributed by atoms with E-state index in [9.17, 15) is 8.42 Å². The summed E-state index contributed by atoms with van der Waals surface area (Å²) in [5.41, 5.74) is -0.129. The van der Waals surface area contributed by atoms with Crippen molar-refractivity contribution in [2.75, 3.05) is 39.3 Å². The first-order valence-electron chi connectivity index (χ1n) is 9.40. The van der Waals surface area contributed by atoms with Crippen LogP contribution in [-0.2, 0) is 10.0 Å². The average Bonchev–Trinajstić information content (AvgIpc) is 3.38. The van der Waals surface area contributed by atoms with Crippen LogP contribution in [-0.4, -0.2) is 73.4 Å². The Hall–Kier alpha value is -0.950. The van der Waals surface area contributed by atoms with E-state index in [4.69, 9.17) is 0 Å². The zero-order valence-electron chi connectivity index (χ0n) is 15.3. The van der Waals surface area contributed by atoms with Crippen molar-refractivity contribution in [3.8, 4) is 0 Å². The number of fused-ring (bicyclic) bond motifs is 1. The summed E-state index contributed by atoms with van der Waals surface area (Å²) in [6, 6.07) is 9.15. The van der Waals surface area contributed by atoms with Gasteiger partial charge in [0.05, 0.1) is 4.90 Å². The van der Waals surface area contributed by atoms with Crippen LogP contribution in [0, 0.1) is 5.92 Å². The lowest BCUT2D eigenvalue weighted by molar-refractivity contribution is -0.0439. The van der Waals surface area contributed by atoms with Gasteiger partial charge in [0.15, 0.2) is 0 Å². The van der Waals surface area contributed by atoms with Crippen LogP contribution in [0.15, 0.2) is 35.2 Å². The molecule has 0 N–H and O–H groups in total. The van der Waals surface area contributed by atoms with Gasteiger partial charge in [0.25, 0.3) is 0 Å². The highest BCUT2D eigenvalue weighted by molar-refractivity contribution is 7.89. The van der Waals surface area contributed by atoms with E-state index in [-0.39, 0.29) is 11.6 Å².